The highest BCUT2D eigenvalue weighted by Gasteiger charge is 2.28. The Morgan fingerprint density at radius 1 is 1.14 bits per heavy atom. The molecule has 0 N–H and O–H groups in total. The number of piperazine rings is 1. The molecule has 4 rings (SSSR count). The first-order chi connectivity index (χ1) is 13.9. The second-order valence-corrected chi connectivity index (χ2v) is 9.49. The van der Waals surface area contributed by atoms with Gasteiger partial charge in [0.2, 0.25) is 0 Å². The highest BCUT2D eigenvalue weighted by atomic mass is 32.1. The fourth-order valence-electron chi connectivity index (χ4n) is 4.10. The highest BCUT2D eigenvalue weighted by Crippen LogP contribution is 2.28. The topological polar surface area (TPSA) is 74.7 Å². The normalized spacial score (nSPS) is 19.7. The molecule has 2 aromatic rings. The van der Waals surface area contributed by atoms with Gasteiger partial charge in [0.1, 0.15) is 11.1 Å². The maximum Gasteiger partial charge on any atom is 0.410 e. The van der Waals surface area contributed by atoms with Crippen LogP contribution in [0.2, 0.25) is 0 Å². The molecule has 0 aromatic carbocycles. The second kappa shape index (κ2) is 8.39. The van der Waals surface area contributed by atoms with Crippen molar-refractivity contribution in [2.45, 2.75) is 39.2 Å². The molecule has 0 spiro atoms. The molecule has 0 unspecified atom stereocenters. The average Bonchev–Trinajstić information content (AvgIpc) is 3.17. The maximum atomic E-state index is 12.2. The maximum absolute atomic E-state index is 12.2. The number of fused-ring (bicyclic) bond motifs is 1. The molecule has 1 amide bonds. The van der Waals surface area contributed by atoms with Crippen molar-refractivity contribution in [2.24, 2.45) is 5.92 Å². The molecule has 4 heterocycles. The fourth-order valence-corrected chi connectivity index (χ4v) is 4.61. The van der Waals surface area contributed by atoms with Crippen molar-refractivity contribution in [1.29, 1.82) is 0 Å². The summed E-state index contributed by atoms with van der Waals surface area (Å²) in [5.41, 5.74) is 2.40. The van der Waals surface area contributed by atoms with E-state index < -0.39 is 5.60 Å². The lowest BCUT2D eigenvalue weighted by Crippen LogP contribution is -2.51. The lowest BCUT2D eigenvalue weighted by atomic mass is 9.95. The van der Waals surface area contributed by atoms with Crippen molar-refractivity contribution < 1.29 is 9.53 Å². The van der Waals surface area contributed by atoms with E-state index in [9.17, 15) is 4.79 Å². The molecule has 0 aliphatic carbocycles. The molecule has 2 aromatic heterocycles. The summed E-state index contributed by atoms with van der Waals surface area (Å²) >= 11 is 1.23. The third-order valence-corrected chi connectivity index (χ3v) is 6.16. The number of ether oxygens (including phenoxy) is 1. The molecular weight excluding hydrogens is 388 g/mol. The first kappa shape index (κ1) is 20.3. The number of piperidine rings is 1. The van der Waals surface area contributed by atoms with E-state index in [2.05, 4.69) is 29.6 Å². The Morgan fingerprint density at radius 2 is 1.86 bits per heavy atom. The van der Waals surface area contributed by atoms with E-state index in [1.54, 1.807) is 0 Å². The standard InChI is InChI=1S/C20H30N6O2S/c1-20(2,3)28-19(27)26-12-10-24(11-13-26)14-15-5-8-25(9-6-15)16-4-7-21-18-17(16)22-29-23-18/h4,7,15H,5-6,8-14H2,1-3H3. The number of anilines is 1. The lowest BCUT2D eigenvalue weighted by molar-refractivity contribution is 0.0130. The molecular formula is C20H30N6O2S. The minimum Gasteiger partial charge on any atom is -0.444 e. The number of amides is 1. The molecule has 0 saturated carbocycles. The van der Waals surface area contributed by atoms with Crippen LogP contribution in [0.4, 0.5) is 10.5 Å². The van der Waals surface area contributed by atoms with Crippen LogP contribution in [-0.4, -0.2) is 81.0 Å². The summed E-state index contributed by atoms with van der Waals surface area (Å²) in [6, 6.07) is 2.06. The van der Waals surface area contributed by atoms with E-state index >= 15 is 0 Å². The molecule has 29 heavy (non-hydrogen) atoms. The van der Waals surface area contributed by atoms with Gasteiger partial charge >= 0.3 is 6.09 Å². The van der Waals surface area contributed by atoms with E-state index in [1.807, 2.05) is 31.9 Å². The van der Waals surface area contributed by atoms with E-state index in [0.717, 1.165) is 62.7 Å². The van der Waals surface area contributed by atoms with Gasteiger partial charge in [0.05, 0.1) is 17.4 Å². The molecule has 158 valence electrons. The fraction of sp³-hybridized carbons (Fsp3) is 0.700. The molecule has 0 atom stereocenters. The Kier molecular flexibility index (Phi) is 5.87. The minimum absolute atomic E-state index is 0.189. The summed E-state index contributed by atoms with van der Waals surface area (Å²) in [6.07, 6.45) is 3.99. The minimum atomic E-state index is -0.433. The zero-order valence-corrected chi connectivity index (χ0v) is 18.3. The van der Waals surface area contributed by atoms with Gasteiger partial charge in [-0.3, -0.25) is 4.90 Å². The summed E-state index contributed by atoms with van der Waals surface area (Å²) < 4.78 is 14.2. The molecule has 2 aliphatic rings. The molecule has 2 aliphatic heterocycles. The largest absolute Gasteiger partial charge is 0.444 e. The van der Waals surface area contributed by atoms with Gasteiger partial charge in [-0.25, -0.2) is 9.78 Å². The number of pyridine rings is 1. The van der Waals surface area contributed by atoms with Gasteiger partial charge < -0.3 is 14.5 Å². The van der Waals surface area contributed by atoms with Crippen LogP contribution in [0.15, 0.2) is 12.3 Å². The van der Waals surface area contributed by atoms with Gasteiger partial charge in [0.15, 0.2) is 5.65 Å². The van der Waals surface area contributed by atoms with Gasteiger partial charge in [-0.2, -0.15) is 8.75 Å². The van der Waals surface area contributed by atoms with Crippen molar-refractivity contribution in [3.63, 3.8) is 0 Å². The van der Waals surface area contributed by atoms with Gasteiger partial charge in [0.25, 0.3) is 0 Å². The zero-order chi connectivity index (χ0) is 20.4. The average molecular weight is 419 g/mol. The molecule has 2 saturated heterocycles. The summed E-state index contributed by atoms with van der Waals surface area (Å²) in [5.74, 6) is 0.699. The third kappa shape index (κ3) is 4.95. The number of rotatable bonds is 3. The van der Waals surface area contributed by atoms with Crippen LogP contribution in [0, 0.1) is 5.92 Å². The van der Waals surface area contributed by atoms with Crippen LogP contribution in [0.3, 0.4) is 0 Å². The predicted molar refractivity (Wildman–Crippen MR) is 114 cm³/mol. The highest BCUT2D eigenvalue weighted by molar-refractivity contribution is 7.00. The van der Waals surface area contributed by atoms with Crippen molar-refractivity contribution >= 4 is 34.7 Å². The first-order valence-electron chi connectivity index (χ1n) is 10.4. The van der Waals surface area contributed by atoms with Crippen LogP contribution >= 0.6 is 11.7 Å². The van der Waals surface area contributed by atoms with Crippen LogP contribution in [0.5, 0.6) is 0 Å². The van der Waals surface area contributed by atoms with E-state index in [0.29, 0.717) is 5.92 Å². The van der Waals surface area contributed by atoms with Crippen LogP contribution in [-0.2, 0) is 4.74 Å². The van der Waals surface area contributed by atoms with Crippen molar-refractivity contribution in [1.82, 2.24) is 23.5 Å². The molecule has 2 fully saturated rings. The second-order valence-electron chi connectivity index (χ2n) is 8.96. The monoisotopic (exact) mass is 418 g/mol. The third-order valence-electron chi connectivity index (χ3n) is 5.64. The summed E-state index contributed by atoms with van der Waals surface area (Å²) in [5, 5.41) is 0. The number of aromatic nitrogens is 3. The van der Waals surface area contributed by atoms with Crippen LogP contribution in [0.1, 0.15) is 33.6 Å². The Balaban J connectivity index is 1.24. The summed E-state index contributed by atoms with van der Waals surface area (Å²) in [4.78, 5) is 23.3. The van der Waals surface area contributed by atoms with Gasteiger partial charge in [-0.05, 0) is 45.6 Å². The smallest absolute Gasteiger partial charge is 0.410 e. The molecule has 9 heteroatoms. The van der Waals surface area contributed by atoms with Crippen molar-refractivity contribution in [3.05, 3.63) is 12.3 Å². The molecule has 0 bridgehead atoms. The Hall–Kier alpha value is -2.00. The van der Waals surface area contributed by atoms with Gasteiger partial charge in [-0.15, -0.1) is 0 Å². The van der Waals surface area contributed by atoms with Crippen LogP contribution in [0.25, 0.3) is 11.2 Å². The van der Waals surface area contributed by atoms with Crippen LogP contribution < -0.4 is 4.90 Å². The number of hydrogen-bond donors (Lipinski definition) is 0. The molecule has 8 nitrogen and oxygen atoms in total. The Labute approximate surface area is 176 Å². The van der Waals surface area contributed by atoms with E-state index in [4.69, 9.17) is 4.74 Å². The quantitative estimate of drug-likeness (QED) is 0.759. The van der Waals surface area contributed by atoms with Crippen molar-refractivity contribution in [3.8, 4) is 0 Å². The summed E-state index contributed by atoms with van der Waals surface area (Å²) in [6.45, 7) is 12.3. The SMILES string of the molecule is CC(C)(C)OC(=O)N1CCN(CC2CCN(c3ccnc4nsnc34)CC2)CC1. The number of carbonyl (C=O) groups is 1. The predicted octanol–water partition coefficient (Wildman–Crippen LogP) is 2.86. The lowest BCUT2D eigenvalue weighted by Gasteiger charge is -2.39. The number of carbonyl (C=O) groups excluding carboxylic acids is 1. The van der Waals surface area contributed by atoms with Gasteiger partial charge in [-0.1, -0.05) is 0 Å². The van der Waals surface area contributed by atoms with Crippen molar-refractivity contribution in [2.75, 3.05) is 50.7 Å². The Morgan fingerprint density at radius 3 is 2.55 bits per heavy atom. The molecule has 0 radical (unpaired) electrons. The Bertz CT molecular complexity index is 835. The number of nitrogens with zero attached hydrogens (tertiary/aromatic N) is 6. The van der Waals surface area contributed by atoms with E-state index in [-0.39, 0.29) is 6.09 Å². The summed E-state index contributed by atoms with van der Waals surface area (Å²) in [7, 11) is 0. The number of hydrogen-bond acceptors (Lipinski definition) is 8. The zero-order valence-electron chi connectivity index (χ0n) is 17.5. The van der Waals surface area contributed by atoms with Gasteiger partial charge in [0, 0.05) is 52.0 Å². The first-order valence-corrected chi connectivity index (χ1v) is 11.1. The van der Waals surface area contributed by atoms with E-state index in [1.165, 1.54) is 24.6 Å².